The van der Waals surface area contributed by atoms with E-state index in [2.05, 4.69) is 49.5 Å². The normalized spacial score (nSPS) is 11.9. The zero-order chi connectivity index (χ0) is 10.2. The molecule has 1 nitrogen and oxygen atoms in total. The molecule has 0 aromatic heterocycles. The van der Waals surface area contributed by atoms with Crippen LogP contribution in [0.15, 0.2) is 30.3 Å². The van der Waals surface area contributed by atoms with E-state index in [4.69, 9.17) is 0 Å². The lowest BCUT2D eigenvalue weighted by atomic mass is 10.1. The number of halogens is 1. The molecular weight excluding hydrogens is 206 g/mol. The van der Waals surface area contributed by atoms with Gasteiger partial charge in [-0.1, -0.05) is 43.7 Å². The summed E-state index contributed by atoms with van der Waals surface area (Å²) in [5.41, 5.74) is 1.42. The Morgan fingerprint density at radius 3 is 2.47 bits per heavy atom. The van der Waals surface area contributed by atoms with E-state index in [1.807, 2.05) is 0 Å². The zero-order valence-electron chi connectivity index (χ0n) is 9.67. The molecule has 0 aliphatic heterocycles. The Hall–Kier alpha value is -0.530. The minimum absolute atomic E-state index is 0. The van der Waals surface area contributed by atoms with Crippen molar-refractivity contribution in [1.82, 2.24) is 5.32 Å². The number of hydrogen-bond donors (Lipinski definition) is 1. The molecule has 0 fully saturated rings. The van der Waals surface area contributed by atoms with Gasteiger partial charge >= 0.3 is 0 Å². The number of rotatable bonds is 6. The Kier molecular flexibility index (Phi) is 8.44. The van der Waals surface area contributed by atoms with E-state index in [0.717, 1.165) is 13.0 Å². The SMILES string of the molecule is CCCCNC(C)Cc1ccccc1.[Cl-]. The van der Waals surface area contributed by atoms with Crippen LogP contribution in [0.25, 0.3) is 0 Å². The third-order valence-electron chi connectivity index (χ3n) is 2.41. The summed E-state index contributed by atoms with van der Waals surface area (Å²) in [6, 6.07) is 11.3. The summed E-state index contributed by atoms with van der Waals surface area (Å²) in [6.45, 7) is 5.62. The van der Waals surface area contributed by atoms with E-state index in [0.29, 0.717) is 6.04 Å². The molecule has 0 amide bonds. The number of nitrogens with one attached hydrogen (secondary N) is 1. The van der Waals surface area contributed by atoms with Crippen LogP contribution in [0.3, 0.4) is 0 Å². The summed E-state index contributed by atoms with van der Waals surface area (Å²) in [6.07, 6.45) is 3.68. The van der Waals surface area contributed by atoms with Gasteiger partial charge in [0, 0.05) is 6.04 Å². The number of hydrogen-bond acceptors (Lipinski definition) is 1. The molecule has 1 rings (SSSR count). The molecule has 0 saturated heterocycles. The topological polar surface area (TPSA) is 12.0 Å². The van der Waals surface area contributed by atoms with Gasteiger partial charge in [0.05, 0.1) is 0 Å². The van der Waals surface area contributed by atoms with E-state index >= 15 is 0 Å². The quantitative estimate of drug-likeness (QED) is 0.675. The number of unbranched alkanes of at least 4 members (excludes halogenated alkanes) is 1. The molecule has 86 valence electrons. The van der Waals surface area contributed by atoms with Crippen molar-refractivity contribution in [1.29, 1.82) is 0 Å². The third-order valence-corrected chi connectivity index (χ3v) is 2.41. The second-order valence-electron chi connectivity index (χ2n) is 3.90. The van der Waals surface area contributed by atoms with Crippen LogP contribution in [0, 0.1) is 0 Å². The molecule has 0 aliphatic rings. The first-order valence-corrected chi connectivity index (χ1v) is 5.60. The average Bonchev–Trinajstić information content (AvgIpc) is 2.20. The molecule has 1 atom stereocenters. The molecule has 0 bridgehead atoms. The monoisotopic (exact) mass is 226 g/mol. The van der Waals surface area contributed by atoms with Crippen LogP contribution >= 0.6 is 0 Å². The van der Waals surface area contributed by atoms with E-state index < -0.39 is 0 Å². The lowest BCUT2D eigenvalue weighted by Crippen LogP contribution is -3.00. The summed E-state index contributed by atoms with van der Waals surface area (Å²) in [4.78, 5) is 0. The van der Waals surface area contributed by atoms with Gasteiger partial charge in [-0.15, -0.1) is 0 Å². The lowest BCUT2D eigenvalue weighted by molar-refractivity contribution is -0.00000322. The molecule has 0 aliphatic carbocycles. The maximum Gasteiger partial charge on any atom is 0.00791 e. The fraction of sp³-hybridized carbons (Fsp3) is 0.538. The van der Waals surface area contributed by atoms with E-state index in [-0.39, 0.29) is 12.4 Å². The zero-order valence-corrected chi connectivity index (χ0v) is 10.4. The molecule has 1 aromatic rings. The summed E-state index contributed by atoms with van der Waals surface area (Å²) >= 11 is 0. The Labute approximate surface area is 99.7 Å². The highest BCUT2D eigenvalue weighted by Gasteiger charge is 2.00. The molecule has 1 aromatic carbocycles. The van der Waals surface area contributed by atoms with Crippen LogP contribution in [0.1, 0.15) is 32.3 Å². The van der Waals surface area contributed by atoms with Gasteiger partial charge in [-0.3, -0.25) is 0 Å². The van der Waals surface area contributed by atoms with Gasteiger partial charge in [-0.2, -0.15) is 0 Å². The lowest BCUT2D eigenvalue weighted by Gasteiger charge is -2.13. The van der Waals surface area contributed by atoms with E-state index in [1.54, 1.807) is 0 Å². The molecule has 1 N–H and O–H groups in total. The van der Waals surface area contributed by atoms with Gasteiger partial charge in [0.1, 0.15) is 0 Å². The Morgan fingerprint density at radius 1 is 1.20 bits per heavy atom. The van der Waals surface area contributed by atoms with Crippen LogP contribution in [-0.4, -0.2) is 12.6 Å². The molecule has 2 heteroatoms. The fourth-order valence-electron chi connectivity index (χ4n) is 1.57. The van der Waals surface area contributed by atoms with Gasteiger partial charge in [0.15, 0.2) is 0 Å². The minimum atomic E-state index is 0. The first-order chi connectivity index (χ1) is 6.83. The summed E-state index contributed by atoms with van der Waals surface area (Å²) in [5.74, 6) is 0. The summed E-state index contributed by atoms with van der Waals surface area (Å²) < 4.78 is 0. The summed E-state index contributed by atoms with van der Waals surface area (Å²) in [5, 5.41) is 3.53. The summed E-state index contributed by atoms with van der Waals surface area (Å²) in [7, 11) is 0. The first-order valence-electron chi connectivity index (χ1n) is 5.60. The van der Waals surface area contributed by atoms with Gasteiger partial charge in [-0.25, -0.2) is 0 Å². The minimum Gasteiger partial charge on any atom is -1.00 e. The van der Waals surface area contributed by atoms with Crippen molar-refractivity contribution in [3.8, 4) is 0 Å². The van der Waals surface area contributed by atoms with Crippen molar-refractivity contribution in [3.05, 3.63) is 35.9 Å². The van der Waals surface area contributed by atoms with Crippen molar-refractivity contribution in [2.24, 2.45) is 0 Å². The van der Waals surface area contributed by atoms with Crippen molar-refractivity contribution in [3.63, 3.8) is 0 Å². The van der Waals surface area contributed by atoms with E-state index in [9.17, 15) is 0 Å². The van der Waals surface area contributed by atoms with Crippen LogP contribution in [0.4, 0.5) is 0 Å². The predicted molar refractivity (Wildman–Crippen MR) is 62.5 cm³/mol. The smallest absolute Gasteiger partial charge is 0.00791 e. The van der Waals surface area contributed by atoms with E-state index in [1.165, 1.54) is 18.4 Å². The number of benzene rings is 1. The first kappa shape index (κ1) is 14.5. The second-order valence-corrected chi connectivity index (χ2v) is 3.90. The average molecular weight is 227 g/mol. The van der Waals surface area contributed by atoms with Crippen LogP contribution in [0.5, 0.6) is 0 Å². The van der Waals surface area contributed by atoms with Crippen molar-refractivity contribution < 1.29 is 12.4 Å². The van der Waals surface area contributed by atoms with Crippen LogP contribution in [0.2, 0.25) is 0 Å². The van der Waals surface area contributed by atoms with Gasteiger partial charge in [0.25, 0.3) is 0 Å². The molecule has 0 saturated carbocycles. The second kappa shape index (κ2) is 8.75. The van der Waals surface area contributed by atoms with Gasteiger partial charge in [-0.05, 0) is 31.9 Å². The van der Waals surface area contributed by atoms with Gasteiger partial charge in [0.2, 0.25) is 0 Å². The Balaban J connectivity index is 0.00000196. The van der Waals surface area contributed by atoms with Crippen molar-refractivity contribution in [2.45, 2.75) is 39.2 Å². The van der Waals surface area contributed by atoms with Crippen LogP contribution in [-0.2, 0) is 6.42 Å². The van der Waals surface area contributed by atoms with Crippen molar-refractivity contribution in [2.75, 3.05) is 6.54 Å². The predicted octanol–water partition coefficient (Wildman–Crippen LogP) is 0.0113. The van der Waals surface area contributed by atoms with Gasteiger partial charge < -0.3 is 17.7 Å². The Morgan fingerprint density at radius 2 is 1.87 bits per heavy atom. The largest absolute Gasteiger partial charge is 1.00 e. The molecule has 0 spiro atoms. The molecular formula is C13H21ClN-. The molecule has 0 heterocycles. The molecule has 15 heavy (non-hydrogen) atoms. The molecule has 1 unspecified atom stereocenters. The highest BCUT2D eigenvalue weighted by atomic mass is 35.5. The highest BCUT2D eigenvalue weighted by Crippen LogP contribution is 2.02. The Bertz CT molecular complexity index is 236. The standard InChI is InChI=1S/C13H21N.ClH/c1-3-4-10-14-12(2)11-13-8-6-5-7-9-13;/h5-9,12,14H,3-4,10-11H2,1-2H3;1H/p-1. The maximum atomic E-state index is 3.53. The maximum absolute atomic E-state index is 3.53. The third kappa shape index (κ3) is 6.53. The fourth-order valence-corrected chi connectivity index (χ4v) is 1.57. The highest BCUT2D eigenvalue weighted by molar-refractivity contribution is 5.15. The van der Waals surface area contributed by atoms with Crippen molar-refractivity contribution >= 4 is 0 Å². The van der Waals surface area contributed by atoms with Crippen LogP contribution < -0.4 is 17.7 Å². The molecule has 0 radical (unpaired) electrons.